The summed E-state index contributed by atoms with van der Waals surface area (Å²) < 4.78 is 4.68. The molecule has 6 heteroatoms. The first-order valence-electron chi connectivity index (χ1n) is 5.94. The number of aromatic nitrogens is 1. The molecule has 0 bridgehead atoms. The molecule has 1 amide bonds. The van der Waals surface area contributed by atoms with Crippen LogP contribution in [0.15, 0.2) is 18.3 Å². The van der Waals surface area contributed by atoms with E-state index in [9.17, 15) is 9.59 Å². The van der Waals surface area contributed by atoms with Crippen LogP contribution in [0.25, 0.3) is 0 Å². The lowest BCUT2D eigenvalue weighted by molar-refractivity contribution is -0.143. The van der Waals surface area contributed by atoms with Gasteiger partial charge in [-0.05, 0) is 24.5 Å². The number of methoxy groups -OCH3 is 1. The first kappa shape index (κ1) is 15.4. The van der Waals surface area contributed by atoms with Crippen LogP contribution in [0.4, 0.5) is 0 Å². The van der Waals surface area contributed by atoms with E-state index in [1.54, 1.807) is 6.07 Å². The molecule has 0 fully saturated rings. The normalized spacial score (nSPS) is 12.1. The molecule has 0 aliphatic rings. The smallest absolute Gasteiger partial charge is 0.328 e. The van der Waals surface area contributed by atoms with Crippen LogP contribution in [-0.4, -0.2) is 30.0 Å². The van der Waals surface area contributed by atoms with Crippen LogP contribution in [0.3, 0.4) is 0 Å². The summed E-state index contributed by atoms with van der Waals surface area (Å²) in [6.45, 7) is 3.93. The van der Waals surface area contributed by atoms with Gasteiger partial charge in [-0.3, -0.25) is 4.79 Å². The van der Waals surface area contributed by atoms with Gasteiger partial charge in [0.2, 0.25) is 0 Å². The molecule has 0 saturated carbocycles. The van der Waals surface area contributed by atoms with Crippen molar-refractivity contribution in [3.8, 4) is 0 Å². The molecule has 0 aliphatic carbocycles. The number of rotatable bonds is 5. The second-order valence-corrected chi connectivity index (χ2v) is 4.94. The van der Waals surface area contributed by atoms with Crippen LogP contribution in [0.1, 0.15) is 30.6 Å². The molecule has 1 aromatic rings. The fraction of sp³-hybridized carbons (Fsp3) is 0.462. The van der Waals surface area contributed by atoms with Crippen LogP contribution in [0, 0.1) is 5.92 Å². The molecule has 0 spiro atoms. The van der Waals surface area contributed by atoms with Gasteiger partial charge in [-0.1, -0.05) is 25.4 Å². The third-order valence-electron chi connectivity index (χ3n) is 2.49. The molecule has 0 aromatic carbocycles. The van der Waals surface area contributed by atoms with Crippen molar-refractivity contribution in [3.05, 3.63) is 29.0 Å². The summed E-state index contributed by atoms with van der Waals surface area (Å²) >= 11 is 5.65. The van der Waals surface area contributed by atoms with Gasteiger partial charge in [0.25, 0.3) is 5.91 Å². The van der Waals surface area contributed by atoms with Crippen molar-refractivity contribution in [1.82, 2.24) is 10.3 Å². The first-order chi connectivity index (χ1) is 8.93. The minimum Gasteiger partial charge on any atom is -0.467 e. The molecule has 1 aromatic heterocycles. The fourth-order valence-electron chi connectivity index (χ4n) is 1.58. The minimum absolute atomic E-state index is 0.257. The third kappa shape index (κ3) is 4.87. The number of nitrogens with one attached hydrogen (secondary N) is 1. The summed E-state index contributed by atoms with van der Waals surface area (Å²) in [6.07, 6.45) is 1.88. The molecule has 1 rings (SSSR count). The Hall–Kier alpha value is -1.62. The summed E-state index contributed by atoms with van der Waals surface area (Å²) in [5.41, 5.74) is 0.349. The average molecular weight is 285 g/mol. The standard InChI is InChI=1S/C13H17ClN2O3/c1-8(2)6-10(13(18)19-3)16-12(17)9-4-5-11(14)15-7-9/h4-5,7-8,10H,6H2,1-3H3,(H,16,17). The lowest BCUT2D eigenvalue weighted by atomic mass is 10.0. The molecule has 19 heavy (non-hydrogen) atoms. The van der Waals surface area contributed by atoms with Gasteiger partial charge in [0.15, 0.2) is 0 Å². The summed E-state index contributed by atoms with van der Waals surface area (Å²) in [5, 5.41) is 2.95. The Morgan fingerprint density at radius 2 is 2.11 bits per heavy atom. The van der Waals surface area contributed by atoms with E-state index in [-0.39, 0.29) is 11.8 Å². The van der Waals surface area contributed by atoms with Gasteiger partial charge >= 0.3 is 5.97 Å². The van der Waals surface area contributed by atoms with Gasteiger partial charge in [0, 0.05) is 6.20 Å². The Labute approximate surface area is 117 Å². The molecule has 1 atom stereocenters. The zero-order chi connectivity index (χ0) is 14.4. The Morgan fingerprint density at radius 3 is 2.58 bits per heavy atom. The van der Waals surface area contributed by atoms with Gasteiger partial charge in [0.05, 0.1) is 12.7 Å². The molecular formula is C13H17ClN2O3. The van der Waals surface area contributed by atoms with E-state index >= 15 is 0 Å². The lowest BCUT2D eigenvalue weighted by Gasteiger charge is -2.18. The van der Waals surface area contributed by atoms with Crippen molar-refractivity contribution in [3.63, 3.8) is 0 Å². The maximum atomic E-state index is 12.0. The number of hydrogen-bond acceptors (Lipinski definition) is 4. The van der Waals surface area contributed by atoms with E-state index in [2.05, 4.69) is 15.0 Å². The molecule has 1 unspecified atom stereocenters. The van der Waals surface area contributed by atoms with Crippen LogP contribution in [-0.2, 0) is 9.53 Å². The summed E-state index contributed by atoms with van der Waals surface area (Å²) in [7, 11) is 1.30. The third-order valence-corrected chi connectivity index (χ3v) is 2.71. The zero-order valence-corrected chi connectivity index (χ0v) is 11.9. The summed E-state index contributed by atoms with van der Waals surface area (Å²) in [4.78, 5) is 27.4. The highest BCUT2D eigenvalue weighted by molar-refractivity contribution is 6.29. The summed E-state index contributed by atoms with van der Waals surface area (Å²) in [5.74, 6) is -0.572. The van der Waals surface area contributed by atoms with E-state index in [0.717, 1.165) is 0 Å². The Morgan fingerprint density at radius 1 is 1.42 bits per heavy atom. The number of carbonyl (C=O) groups is 2. The quantitative estimate of drug-likeness (QED) is 0.664. The van der Waals surface area contributed by atoms with Gasteiger partial charge in [-0.15, -0.1) is 0 Å². The van der Waals surface area contributed by atoms with Crippen molar-refractivity contribution in [2.24, 2.45) is 5.92 Å². The highest BCUT2D eigenvalue weighted by atomic mass is 35.5. The number of pyridine rings is 1. The molecule has 104 valence electrons. The molecule has 5 nitrogen and oxygen atoms in total. The largest absolute Gasteiger partial charge is 0.467 e. The summed E-state index contributed by atoms with van der Waals surface area (Å²) in [6, 6.07) is 2.41. The van der Waals surface area contributed by atoms with E-state index in [0.29, 0.717) is 17.1 Å². The lowest BCUT2D eigenvalue weighted by Crippen LogP contribution is -2.42. The number of hydrogen-bond donors (Lipinski definition) is 1. The monoisotopic (exact) mass is 284 g/mol. The maximum absolute atomic E-state index is 12.0. The van der Waals surface area contributed by atoms with E-state index in [1.807, 2.05) is 13.8 Å². The Balaban J connectivity index is 2.75. The number of nitrogens with zero attached hydrogens (tertiary/aromatic N) is 1. The molecule has 0 radical (unpaired) electrons. The second kappa shape index (κ2) is 7.09. The van der Waals surface area contributed by atoms with Crippen molar-refractivity contribution >= 4 is 23.5 Å². The van der Waals surface area contributed by atoms with Gasteiger partial charge in [-0.25, -0.2) is 9.78 Å². The topological polar surface area (TPSA) is 68.3 Å². The minimum atomic E-state index is -0.659. The van der Waals surface area contributed by atoms with E-state index in [1.165, 1.54) is 19.4 Å². The van der Waals surface area contributed by atoms with Crippen LogP contribution in [0.2, 0.25) is 5.15 Å². The van der Waals surface area contributed by atoms with Crippen molar-refractivity contribution in [2.75, 3.05) is 7.11 Å². The van der Waals surface area contributed by atoms with Gasteiger partial charge in [-0.2, -0.15) is 0 Å². The van der Waals surface area contributed by atoms with Gasteiger partial charge < -0.3 is 10.1 Å². The van der Waals surface area contributed by atoms with Crippen LogP contribution in [0.5, 0.6) is 0 Å². The maximum Gasteiger partial charge on any atom is 0.328 e. The SMILES string of the molecule is COC(=O)C(CC(C)C)NC(=O)c1ccc(Cl)nc1. The number of esters is 1. The number of carbonyl (C=O) groups excluding carboxylic acids is 2. The van der Waals surface area contributed by atoms with E-state index in [4.69, 9.17) is 11.6 Å². The molecule has 1 N–H and O–H groups in total. The van der Waals surface area contributed by atoms with Crippen LogP contribution < -0.4 is 5.32 Å². The zero-order valence-electron chi connectivity index (χ0n) is 11.1. The predicted molar refractivity (Wildman–Crippen MR) is 72.0 cm³/mol. The Bertz CT molecular complexity index is 446. The molecule has 0 aliphatic heterocycles. The molecule has 0 saturated heterocycles. The number of halogens is 1. The van der Waals surface area contributed by atoms with Crippen molar-refractivity contribution < 1.29 is 14.3 Å². The highest BCUT2D eigenvalue weighted by Gasteiger charge is 2.23. The predicted octanol–water partition coefficient (Wildman–Crippen LogP) is 2.05. The van der Waals surface area contributed by atoms with Crippen LogP contribution >= 0.6 is 11.6 Å². The number of amides is 1. The average Bonchev–Trinajstić information content (AvgIpc) is 2.37. The van der Waals surface area contributed by atoms with Crippen molar-refractivity contribution in [1.29, 1.82) is 0 Å². The van der Waals surface area contributed by atoms with E-state index < -0.39 is 12.0 Å². The fourth-order valence-corrected chi connectivity index (χ4v) is 1.69. The first-order valence-corrected chi connectivity index (χ1v) is 6.32. The molecular weight excluding hydrogens is 268 g/mol. The molecule has 1 heterocycles. The highest BCUT2D eigenvalue weighted by Crippen LogP contribution is 2.09. The second-order valence-electron chi connectivity index (χ2n) is 4.55. The van der Waals surface area contributed by atoms with Gasteiger partial charge in [0.1, 0.15) is 11.2 Å². The number of ether oxygens (including phenoxy) is 1. The Kier molecular flexibility index (Phi) is 5.76. The van der Waals surface area contributed by atoms with Crippen molar-refractivity contribution in [2.45, 2.75) is 26.3 Å².